The molecule has 9 heteroatoms. The molecule has 8 nitrogen and oxygen atoms in total. The van der Waals surface area contributed by atoms with Crippen molar-refractivity contribution in [3.63, 3.8) is 0 Å². The van der Waals surface area contributed by atoms with Crippen LogP contribution >= 0.6 is 0 Å². The summed E-state index contributed by atoms with van der Waals surface area (Å²) in [5.74, 6) is -0.0629. The summed E-state index contributed by atoms with van der Waals surface area (Å²) in [7, 11) is -0.499. The van der Waals surface area contributed by atoms with E-state index >= 15 is 0 Å². The monoisotopic (exact) mass is 481 g/mol. The smallest absolute Gasteiger partial charge is 0.442 e. The largest absolute Gasteiger partial charge is 0.494 e. The quantitative estimate of drug-likeness (QED) is 0.629. The van der Waals surface area contributed by atoms with E-state index in [0.717, 1.165) is 29.6 Å². The second kappa shape index (κ2) is 8.78. The number of hydrogen-bond donors (Lipinski definition) is 1. The van der Waals surface area contributed by atoms with Crippen LogP contribution in [0.5, 0.6) is 0 Å². The second-order valence-corrected chi connectivity index (χ2v) is 11.6. The Morgan fingerprint density at radius 3 is 2.34 bits per heavy atom. The van der Waals surface area contributed by atoms with Crippen molar-refractivity contribution in [2.75, 3.05) is 5.32 Å². The van der Waals surface area contributed by atoms with Gasteiger partial charge in [-0.05, 0) is 79.3 Å². The molecule has 1 aromatic carbocycles. The Morgan fingerprint density at radius 1 is 1.14 bits per heavy atom. The van der Waals surface area contributed by atoms with Crippen molar-refractivity contribution in [2.45, 2.75) is 96.9 Å². The first-order valence-corrected chi connectivity index (χ1v) is 12.3. The zero-order valence-corrected chi connectivity index (χ0v) is 22.0. The molecule has 4 rings (SSSR count). The average Bonchev–Trinajstić information content (AvgIpc) is 3.46. The average molecular weight is 481 g/mol. The van der Waals surface area contributed by atoms with Crippen LogP contribution in [0.2, 0.25) is 0 Å². The molecular formula is C26H36BN3O5. The van der Waals surface area contributed by atoms with Gasteiger partial charge >= 0.3 is 13.2 Å². The standard InChI is InChI=1S/C26H36BN3O5/c1-16(18-10-9-11-19(14-18)27-34-25(5,6)26(7,8)35-27)22(31)28-21-15-20(17-12-13-17)30(29-21)23(32)33-24(2,3)4/h9-11,14-17H,12-13H2,1-8H3,(H,28,29,31). The van der Waals surface area contributed by atoms with Gasteiger partial charge in [-0.25, -0.2) is 4.79 Å². The molecule has 35 heavy (non-hydrogen) atoms. The summed E-state index contributed by atoms with van der Waals surface area (Å²) in [5.41, 5.74) is 0.954. The molecule has 2 aliphatic rings. The Labute approximate surface area is 207 Å². The van der Waals surface area contributed by atoms with Crippen LogP contribution in [-0.4, -0.2) is 45.7 Å². The minimum absolute atomic E-state index is 0.216. The van der Waals surface area contributed by atoms with Crippen molar-refractivity contribution in [1.82, 2.24) is 9.78 Å². The lowest BCUT2D eigenvalue weighted by atomic mass is 9.77. The van der Waals surface area contributed by atoms with Crippen molar-refractivity contribution in [3.8, 4) is 0 Å². The first kappa shape index (κ1) is 25.4. The molecule has 1 aromatic heterocycles. The summed E-state index contributed by atoms with van der Waals surface area (Å²) in [6, 6.07) is 9.48. The Kier molecular flexibility index (Phi) is 6.39. The van der Waals surface area contributed by atoms with Crippen molar-refractivity contribution in [1.29, 1.82) is 0 Å². The van der Waals surface area contributed by atoms with E-state index in [4.69, 9.17) is 14.0 Å². The molecule has 0 radical (unpaired) electrons. The van der Waals surface area contributed by atoms with Crippen LogP contribution < -0.4 is 10.8 Å². The van der Waals surface area contributed by atoms with Gasteiger partial charge in [-0.2, -0.15) is 4.68 Å². The predicted molar refractivity (Wildman–Crippen MR) is 135 cm³/mol. The van der Waals surface area contributed by atoms with E-state index in [-0.39, 0.29) is 11.8 Å². The highest BCUT2D eigenvalue weighted by Gasteiger charge is 2.51. The van der Waals surface area contributed by atoms with Gasteiger partial charge in [0.15, 0.2) is 5.82 Å². The Bertz CT molecular complexity index is 1110. The molecule has 2 heterocycles. The van der Waals surface area contributed by atoms with E-state index in [9.17, 15) is 9.59 Å². The number of amides is 1. The third kappa shape index (κ3) is 5.46. The summed E-state index contributed by atoms with van der Waals surface area (Å²) in [4.78, 5) is 25.8. The summed E-state index contributed by atoms with van der Waals surface area (Å²) in [6.45, 7) is 15.3. The normalized spacial score (nSPS) is 19.9. The highest BCUT2D eigenvalue weighted by molar-refractivity contribution is 6.62. The molecule has 1 saturated carbocycles. The predicted octanol–water partition coefficient (Wildman–Crippen LogP) is 4.59. The van der Waals surface area contributed by atoms with Gasteiger partial charge in [0, 0.05) is 12.0 Å². The third-order valence-electron chi connectivity index (χ3n) is 6.88. The number of carbonyl (C=O) groups is 2. The Balaban J connectivity index is 1.49. The number of rotatable bonds is 5. The van der Waals surface area contributed by atoms with Gasteiger partial charge in [0.05, 0.1) is 22.8 Å². The van der Waals surface area contributed by atoms with Gasteiger partial charge in [-0.15, -0.1) is 5.10 Å². The minimum atomic E-state index is -0.635. The molecule has 0 spiro atoms. The molecule has 1 atom stereocenters. The molecule has 1 N–H and O–H groups in total. The van der Waals surface area contributed by atoms with Crippen LogP contribution in [0.4, 0.5) is 10.6 Å². The van der Waals surface area contributed by atoms with Crippen LogP contribution in [0.3, 0.4) is 0 Å². The number of aromatic nitrogens is 2. The molecule has 1 saturated heterocycles. The first-order chi connectivity index (χ1) is 16.2. The number of carbonyl (C=O) groups excluding carboxylic acids is 2. The summed E-state index contributed by atoms with van der Waals surface area (Å²) in [6.07, 6.45) is 1.44. The van der Waals surface area contributed by atoms with Crippen LogP contribution in [0.1, 0.15) is 91.3 Å². The van der Waals surface area contributed by atoms with Crippen molar-refractivity contribution in [2.24, 2.45) is 0 Å². The highest BCUT2D eigenvalue weighted by atomic mass is 16.7. The maximum Gasteiger partial charge on any atom is 0.494 e. The minimum Gasteiger partial charge on any atom is -0.442 e. The maximum absolute atomic E-state index is 13.1. The fourth-order valence-electron chi connectivity index (χ4n) is 3.92. The molecule has 0 bridgehead atoms. The first-order valence-electron chi connectivity index (χ1n) is 12.3. The topological polar surface area (TPSA) is 91.7 Å². The number of ether oxygens (including phenoxy) is 1. The number of hydrogen-bond acceptors (Lipinski definition) is 6. The molecule has 2 fully saturated rings. The van der Waals surface area contributed by atoms with Crippen LogP contribution in [0.15, 0.2) is 30.3 Å². The van der Waals surface area contributed by atoms with E-state index in [1.54, 1.807) is 6.07 Å². The van der Waals surface area contributed by atoms with Gasteiger partial charge < -0.3 is 19.4 Å². The van der Waals surface area contributed by atoms with Crippen LogP contribution in [-0.2, 0) is 18.8 Å². The molecule has 2 aromatic rings. The number of benzene rings is 1. The molecule has 1 aliphatic carbocycles. The van der Waals surface area contributed by atoms with Crippen LogP contribution in [0, 0.1) is 0 Å². The summed E-state index contributed by atoms with van der Waals surface area (Å²) >= 11 is 0. The zero-order chi connectivity index (χ0) is 25.8. The lowest BCUT2D eigenvalue weighted by molar-refractivity contribution is -0.117. The Morgan fingerprint density at radius 2 is 1.77 bits per heavy atom. The fourth-order valence-corrected chi connectivity index (χ4v) is 3.92. The summed E-state index contributed by atoms with van der Waals surface area (Å²) < 4.78 is 19.1. The van der Waals surface area contributed by atoms with Crippen molar-refractivity contribution < 1.29 is 23.6 Å². The molecule has 188 valence electrons. The van der Waals surface area contributed by atoms with E-state index in [1.165, 1.54) is 4.68 Å². The molecular weight excluding hydrogens is 445 g/mol. The van der Waals surface area contributed by atoms with Gasteiger partial charge in [0.2, 0.25) is 5.91 Å². The molecule has 1 aliphatic heterocycles. The second-order valence-electron chi connectivity index (χ2n) is 11.6. The number of anilines is 1. The maximum atomic E-state index is 13.1. The van der Waals surface area contributed by atoms with Gasteiger partial charge in [-0.3, -0.25) is 4.79 Å². The highest BCUT2D eigenvalue weighted by Crippen LogP contribution is 2.41. The van der Waals surface area contributed by atoms with Crippen LogP contribution in [0.25, 0.3) is 0 Å². The summed E-state index contributed by atoms with van der Waals surface area (Å²) in [5, 5.41) is 7.23. The third-order valence-corrected chi connectivity index (χ3v) is 6.88. The van der Waals surface area contributed by atoms with Gasteiger partial charge in [0.25, 0.3) is 0 Å². The van der Waals surface area contributed by atoms with Gasteiger partial charge in [0.1, 0.15) is 5.60 Å². The lowest BCUT2D eigenvalue weighted by Crippen LogP contribution is -2.41. The zero-order valence-electron chi connectivity index (χ0n) is 22.0. The van der Waals surface area contributed by atoms with E-state index < -0.39 is 35.9 Å². The SMILES string of the molecule is CC(C(=O)Nc1cc(C2CC2)n(C(=O)OC(C)(C)C)n1)c1cccc(B2OC(C)(C)C(C)(C)O2)c1. The lowest BCUT2D eigenvalue weighted by Gasteiger charge is -2.32. The molecule has 1 amide bonds. The van der Waals surface area contributed by atoms with E-state index in [0.29, 0.717) is 5.82 Å². The van der Waals surface area contributed by atoms with Crippen molar-refractivity contribution in [3.05, 3.63) is 41.6 Å². The number of nitrogens with one attached hydrogen (secondary N) is 1. The van der Waals surface area contributed by atoms with E-state index in [2.05, 4.69) is 10.4 Å². The Hall–Kier alpha value is -2.65. The van der Waals surface area contributed by atoms with Crippen molar-refractivity contribution >= 4 is 30.4 Å². The number of nitrogens with zero attached hydrogens (tertiary/aromatic N) is 2. The fraction of sp³-hybridized carbons (Fsp3) is 0.577. The van der Waals surface area contributed by atoms with Gasteiger partial charge in [-0.1, -0.05) is 24.3 Å². The van der Waals surface area contributed by atoms with E-state index in [1.807, 2.05) is 79.7 Å². The molecule has 1 unspecified atom stereocenters.